The first-order chi connectivity index (χ1) is 10.2. The van der Waals surface area contributed by atoms with E-state index in [1.807, 2.05) is 14.0 Å². The Balaban J connectivity index is 2.28. The number of hydrogen-bond donors (Lipinski definition) is 2. The van der Waals surface area contributed by atoms with E-state index in [0.29, 0.717) is 16.8 Å². The minimum atomic E-state index is -0.235. The number of carbonyl (C=O) groups excluding carboxylic acids is 1. The van der Waals surface area contributed by atoms with Gasteiger partial charge in [-0.1, -0.05) is 18.8 Å². The lowest BCUT2D eigenvalue weighted by molar-refractivity contribution is 0.102. The van der Waals surface area contributed by atoms with Crippen LogP contribution in [0.3, 0.4) is 0 Å². The highest BCUT2D eigenvalue weighted by Gasteiger charge is 2.14. The quantitative estimate of drug-likeness (QED) is 0.821. The van der Waals surface area contributed by atoms with Crippen LogP contribution in [0.4, 0.5) is 5.69 Å². The summed E-state index contributed by atoms with van der Waals surface area (Å²) in [5.74, 6) is 5.35. The van der Waals surface area contributed by atoms with Gasteiger partial charge in [-0.3, -0.25) is 14.5 Å². The normalized spacial score (nSPS) is 9.86. The van der Waals surface area contributed by atoms with E-state index in [1.54, 1.807) is 29.3 Å². The van der Waals surface area contributed by atoms with E-state index in [0.717, 1.165) is 12.1 Å². The lowest BCUT2D eigenvalue weighted by Crippen LogP contribution is -2.14. The van der Waals surface area contributed by atoms with E-state index >= 15 is 0 Å². The Morgan fingerprint density at radius 2 is 2.33 bits per heavy atom. The number of pyridine rings is 1. The molecule has 0 fully saturated rings. The van der Waals surface area contributed by atoms with Crippen LogP contribution in [0.25, 0.3) is 0 Å². The molecule has 21 heavy (non-hydrogen) atoms. The molecule has 6 nitrogen and oxygen atoms in total. The van der Waals surface area contributed by atoms with Gasteiger partial charge in [-0.25, -0.2) is 0 Å². The van der Waals surface area contributed by atoms with Gasteiger partial charge in [0.05, 0.1) is 29.1 Å². The van der Waals surface area contributed by atoms with E-state index in [4.69, 9.17) is 5.73 Å². The molecule has 0 aliphatic carbocycles. The van der Waals surface area contributed by atoms with Crippen LogP contribution in [0.5, 0.6) is 0 Å². The molecule has 1 amide bonds. The van der Waals surface area contributed by atoms with Gasteiger partial charge in [0.25, 0.3) is 5.91 Å². The molecule has 0 spiro atoms. The Labute approximate surface area is 123 Å². The maximum absolute atomic E-state index is 12.4. The van der Waals surface area contributed by atoms with Gasteiger partial charge in [0, 0.05) is 25.6 Å². The molecule has 3 N–H and O–H groups in total. The van der Waals surface area contributed by atoms with Gasteiger partial charge in [0.2, 0.25) is 0 Å². The van der Waals surface area contributed by atoms with Gasteiger partial charge in [0.1, 0.15) is 0 Å². The van der Waals surface area contributed by atoms with Crippen molar-refractivity contribution in [2.45, 2.75) is 13.3 Å². The Kier molecular flexibility index (Phi) is 4.69. The molecule has 0 saturated carbocycles. The minimum Gasteiger partial charge on any atom is -0.320 e. The van der Waals surface area contributed by atoms with Gasteiger partial charge in [-0.2, -0.15) is 5.10 Å². The maximum Gasteiger partial charge on any atom is 0.257 e. The van der Waals surface area contributed by atoms with Crippen molar-refractivity contribution in [2.24, 2.45) is 12.8 Å². The number of amides is 1. The number of nitrogens with zero attached hydrogens (tertiary/aromatic N) is 3. The van der Waals surface area contributed by atoms with Gasteiger partial charge >= 0.3 is 0 Å². The van der Waals surface area contributed by atoms with Gasteiger partial charge in [0.15, 0.2) is 0 Å². The minimum absolute atomic E-state index is 0.235. The van der Waals surface area contributed by atoms with Gasteiger partial charge < -0.3 is 11.1 Å². The molecule has 0 radical (unpaired) electrons. The van der Waals surface area contributed by atoms with Crippen LogP contribution >= 0.6 is 0 Å². The molecule has 0 aliphatic heterocycles. The molecular weight excluding hydrogens is 266 g/mol. The summed E-state index contributed by atoms with van der Waals surface area (Å²) in [5, 5.41) is 7.16. The zero-order valence-electron chi connectivity index (χ0n) is 12.1. The number of nitrogens with one attached hydrogen (secondary N) is 1. The van der Waals surface area contributed by atoms with Crippen LogP contribution in [-0.2, 0) is 13.5 Å². The van der Waals surface area contributed by atoms with Crippen molar-refractivity contribution in [2.75, 3.05) is 11.9 Å². The third-order valence-corrected chi connectivity index (χ3v) is 2.88. The molecule has 2 aromatic heterocycles. The predicted octanol–water partition coefficient (Wildman–Crippen LogP) is 0.940. The first-order valence-electron chi connectivity index (χ1n) is 6.62. The second-order valence-corrected chi connectivity index (χ2v) is 4.40. The molecule has 0 atom stereocenters. The Hall–Kier alpha value is -2.65. The molecule has 0 aliphatic rings. The molecule has 2 heterocycles. The fraction of sp³-hybridized carbons (Fsp3) is 0.267. The summed E-state index contributed by atoms with van der Waals surface area (Å²) in [6.07, 6.45) is 5.64. The van der Waals surface area contributed by atoms with Crippen molar-refractivity contribution in [3.8, 4) is 11.8 Å². The number of nitrogens with two attached hydrogens (primary N) is 1. The molecule has 0 bridgehead atoms. The average Bonchev–Trinajstić information content (AvgIpc) is 2.85. The number of rotatable bonds is 3. The van der Waals surface area contributed by atoms with Crippen molar-refractivity contribution in [1.82, 2.24) is 14.8 Å². The molecule has 0 aromatic carbocycles. The van der Waals surface area contributed by atoms with Gasteiger partial charge in [-0.15, -0.1) is 0 Å². The number of aryl methyl sites for hydroxylation is 2. The highest BCUT2D eigenvalue weighted by Crippen LogP contribution is 2.16. The summed E-state index contributed by atoms with van der Waals surface area (Å²) in [7, 11) is 1.82. The van der Waals surface area contributed by atoms with Crippen molar-refractivity contribution in [3.05, 3.63) is 41.5 Å². The molecule has 0 unspecified atom stereocenters. The third-order valence-electron chi connectivity index (χ3n) is 2.88. The fourth-order valence-corrected chi connectivity index (χ4v) is 1.93. The molecule has 6 heteroatoms. The SMILES string of the molecule is CCc1nn(C)cc1NC(=O)c1ccncc1C#CCN. The number of hydrogen-bond acceptors (Lipinski definition) is 4. The van der Waals surface area contributed by atoms with Crippen LogP contribution in [0.1, 0.15) is 28.5 Å². The van der Waals surface area contributed by atoms with Gasteiger partial charge in [-0.05, 0) is 12.5 Å². The maximum atomic E-state index is 12.4. The monoisotopic (exact) mass is 283 g/mol. The molecular formula is C15H17N5O. The second-order valence-electron chi connectivity index (χ2n) is 4.40. The first-order valence-corrected chi connectivity index (χ1v) is 6.62. The topological polar surface area (TPSA) is 85.8 Å². The van der Waals surface area contributed by atoms with Crippen molar-refractivity contribution in [3.63, 3.8) is 0 Å². The highest BCUT2D eigenvalue weighted by atomic mass is 16.1. The van der Waals surface area contributed by atoms with Crippen LogP contribution in [-0.4, -0.2) is 27.2 Å². The summed E-state index contributed by atoms with van der Waals surface area (Å²) >= 11 is 0. The van der Waals surface area contributed by atoms with Crippen LogP contribution in [0.2, 0.25) is 0 Å². The lowest BCUT2D eigenvalue weighted by Gasteiger charge is -2.06. The van der Waals surface area contributed by atoms with E-state index in [9.17, 15) is 4.79 Å². The lowest BCUT2D eigenvalue weighted by atomic mass is 10.1. The summed E-state index contributed by atoms with van der Waals surface area (Å²) in [6.45, 7) is 2.22. The van der Waals surface area contributed by atoms with Crippen molar-refractivity contribution >= 4 is 11.6 Å². The zero-order valence-corrected chi connectivity index (χ0v) is 12.1. The predicted molar refractivity (Wildman–Crippen MR) is 80.7 cm³/mol. The fourth-order valence-electron chi connectivity index (χ4n) is 1.93. The smallest absolute Gasteiger partial charge is 0.257 e. The largest absolute Gasteiger partial charge is 0.320 e. The summed E-state index contributed by atoms with van der Waals surface area (Å²) in [4.78, 5) is 16.4. The summed E-state index contributed by atoms with van der Waals surface area (Å²) < 4.78 is 1.68. The van der Waals surface area contributed by atoms with E-state index in [2.05, 4.69) is 27.2 Å². The second kappa shape index (κ2) is 6.68. The zero-order chi connectivity index (χ0) is 15.2. The molecule has 0 saturated heterocycles. The standard InChI is InChI=1S/C15H17N5O/c1-3-13-14(10-20(2)19-13)18-15(21)12-6-8-17-9-11(12)5-4-7-16/h6,8-10H,3,7,16H2,1-2H3,(H,18,21). The van der Waals surface area contributed by atoms with E-state index in [-0.39, 0.29) is 12.5 Å². The van der Waals surface area contributed by atoms with Crippen LogP contribution in [0.15, 0.2) is 24.7 Å². The highest BCUT2D eigenvalue weighted by molar-refractivity contribution is 6.06. The van der Waals surface area contributed by atoms with Crippen molar-refractivity contribution in [1.29, 1.82) is 0 Å². The Bertz CT molecular complexity index is 708. The Morgan fingerprint density at radius 3 is 3.05 bits per heavy atom. The molecule has 2 rings (SSSR count). The first kappa shape index (κ1) is 14.8. The number of anilines is 1. The average molecular weight is 283 g/mol. The number of carbonyl (C=O) groups is 1. The summed E-state index contributed by atoms with van der Waals surface area (Å²) in [6, 6.07) is 1.64. The third kappa shape index (κ3) is 3.46. The van der Waals surface area contributed by atoms with E-state index in [1.165, 1.54) is 0 Å². The molecule has 108 valence electrons. The van der Waals surface area contributed by atoms with Crippen molar-refractivity contribution < 1.29 is 4.79 Å². The Morgan fingerprint density at radius 1 is 1.52 bits per heavy atom. The van der Waals surface area contributed by atoms with Crippen LogP contribution < -0.4 is 11.1 Å². The number of aromatic nitrogens is 3. The summed E-state index contributed by atoms with van der Waals surface area (Å²) in [5.41, 5.74) is 7.94. The van der Waals surface area contributed by atoms with E-state index < -0.39 is 0 Å². The molecule has 2 aromatic rings. The van der Waals surface area contributed by atoms with Crippen LogP contribution in [0, 0.1) is 11.8 Å².